The lowest BCUT2D eigenvalue weighted by Gasteiger charge is -2.30. The third-order valence-electron chi connectivity index (χ3n) is 5.13. The maximum absolute atomic E-state index is 4.32. The van der Waals surface area contributed by atoms with E-state index in [1.54, 1.807) is 0 Å². The van der Waals surface area contributed by atoms with E-state index in [2.05, 4.69) is 46.2 Å². The number of guanidine groups is 1. The molecular formula is C19H41N5. The lowest BCUT2D eigenvalue weighted by atomic mass is 9.99. The SMILES string of the molecule is CCN(CC)CCCCNC(=NC)NCCCN1CCC(C)CC1. The van der Waals surface area contributed by atoms with Gasteiger partial charge in [0, 0.05) is 20.1 Å². The van der Waals surface area contributed by atoms with Crippen LogP contribution in [0.5, 0.6) is 0 Å². The Kier molecular flexibility index (Phi) is 11.9. The van der Waals surface area contributed by atoms with Gasteiger partial charge in [-0.15, -0.1) is 0 Å². The largest absolute Gasteiger partial charge is 0.356 e. The van der Waals surface area contributed by atoms with E-state index in [0.717, 1.165) is 38.1 Å². The highest BCUT2D eigenvalue weighted by molar-refractivity contribution is 5.79. The van der Waals surface area contributed by atoms with Crippen LogP contribution in [0.15, 0.2) is 4.99 Å². The fourth-order valence-electron chi connectivity index (χ4n) is 3.22. The van der Waals surface area contributed by atoms with Crippen molar-refractivity contribution in [2.75, 3.05) is 59.4 Å². The highest BCUT2D eigenvalue weighted by Gasteiger charge is 2.14. The fraction of sp³-hybridized carbons (Fsp3) is 0.947. The summed E-state index contributed by atoms with van der Waals surface area (Å²) in [5.74, 6) is 1.87. The monoisotopic (exact) mass is 339 g/mol. The van der Waals surface area contributed by atoms with E-state index in [-0.39, 0.29) is 0 Å². The summed E-state index contributed by atoms with van der Waals surface area (Å²) in [7, 11) is 1.86. The van der Waals surface area contributed by atoms with E-state index in [1.165, 1.54) is 58.3 Å². The van der Waals surface area contributed by atoms with Crippen LogP contribution in [0.3, 0.4) is 0 Å². The Balaban J connectivity index is 2.00. The lowest BCUT2D eigenvalue weighted by Crippen LogP contribution is -2.40. The van der Waals surface area contributed by atoms with Crippen molar-refractivity contribution in [3.8, 4) is 0 Å². The molecule has 0 unspecified atom stereocenters. The second kappa shape index (κ2) is 13.5. The van der Waals surface area contributed by atoms with Crippen molar-refractivity contribution in [2.45, 2.75) is 52.9 Å². The molecule has 1 rings (SSSR count). The molecule has 1 fully saturated rings. The minimum absolute atomic E-state index is 0.920. The molecule has 0 aromatic rings. The minimum atomic E-state index is 0.920. The summed E-state index contributed by atoms with van der Waals surface area (Å²) in [6.45, 7) is 16.1. The number of likely N-dealkylation sites (tertiary alicyclic amines) is 1. The van der Waals surface area contributed by atoms with Gasteiger partial charge >= 0.3 is 0 Å². The predicted octanol–water partition coefficient (Wildman–Crippen LogP) is 2.40. The Morgan fingerprint density at radius 2 is 1.67 bits per heavy atom. The molecule has 142 valence electrons. The second-order valence-electron chi connectivity index (χ2n) is 7.04. The van der Waals surface area contributed by atoms with Gasteiger partial charge in [0.15, 0.2) is 5.96 Å². The Morgan fingerprint density at radius 1 is 1.04 bits per heavy atom. The first-order chi connectivity index (χ1) is 11.7. The summed E-state index contributed by atoms with van der Waals surface area (Å²) in [5, 5.41) is 6.87. The summed E-state index contributed by atoms with van der Waals surface area (Å²) in [6.07, 6.45) is 6.37. The molecule has 5 heteroatoms. The molecule has 0 radical (unpaired) electrons. The molecular weight excluding hydrogens is 298 g/mol. The molecule has 1 aliphatic heterocycles. The third-order valence-corrected chi connectivity index (χ3v) is 5.13. The highest BCUT2D eigenvalue weighted by atomic mass is 15.2. The summed E-state index contributed by atoms with van der Waals surface area (Å²) in [6, 6.07) is 0. The molecule has 0 atom stereocenters. The smallest absolute Gasteiger partial charge is 0.190 e. The number of hydrogen-bond donors (Lipinski definition) is 2. The first kappa shape index (κ1) is 21.2. The van der Waals surface area contributed by atoms with Gasteiger partial charge in [0.05, 0.1) is 0 Å². The molecule has 0 aliphatic carbocycles. The summed E-state index contributed by atoms with van der Waals surface area (Å²) >= 11 is 0. The summed E-state index contributed by atoms with van der Waals surface area (Å²) in [5.41, 5.74) is 0. The van der Waals surface area contributed by atoms with Crippen LogP contribution in [-0.4, -0.2) is 75.2 Å². The molecule has 2 N–H and O–H groups in total. The summed E-state index contributed by atoms with van der Waals surface area (Å²) in [4.78, 5) is 9.40. The quantitative estimate of drug-likeness (QED) is 0.345. The van der Waals surface area contributed by atoms with Crippen molar-refractivity contribution in [1.82, 2.24) is 20.4 Å². The molecule has 0 spiro atoms. The number of nitrogens with one attached hydrogen (secondary N) is 2. The minimum Gasteiger partial charge on any atom is -0.356 e. The first-order valence-electron chi connectivity index (χ1n) is 10.1. The molecule has 5 nitrogen and oxygen atoms in total. The van der Waals surface area contributed by atoms with Crippen LogP contribution >= 0.6 is 0 Å². The molecule has 1 aliphatic rings. The predicted molar refractivity (Wildman–Crippen MR) is 106 cm³/mol. The molecule has 1 heterocycles. The van der Waals surface area contributed by atoms with Gasteiger partial charge in [0.25, 0.3) is 0 Å². The van der Waals surface area contributed by atoms with Crippen LogP contribution in [0.25, 0.3) is 0 Å². The van der Waals surface area contributed by atoms with Gasteiger partial charge in [-0.25, -0.2) is 0 Å². The Hall–Kier alpha value is -0.810. The molecule has 0 aromatic heterocycles. The molecule has 0 aromatic carbocycles. The van der Waals surface area contributed by atoms with Gasteiger partial charge < -0.3 is 20.4 Å². The van der Waals surface area contributed by atoms with Crippen LogP contribution in [0.1, 0.15) is 52.9 Å². The maximum Gasteiger partial charge on any atom is 0.190 e. The number of hydrogen-bond acceptors (Lipinski definition) is 3. The van der Waals surface area contributed by atoms with E-state index >= 15 is 0 Å². The Labute approximate surface area is 150 Å². The van der Waals surface area contributed by atoms with Crippen LogP contribution in [0, 0.1) is 5.92 Å². The normalized spacial score (nSPS) is 17.5. The second-order valence-corrected chi connectivity index (χ2v) is 7.04. The van der Waals surface area contributed by atoms with Crippen molar-refractivity contribution in [1.29, 1.82) is 0 Å². The molecule has 0 bridgehead atoms. The number of piperidine rings is 1. The topological polar surface area (TPSA) is 42.9 Å². The van der Waals surface area contributed by atoms with Crippen LogP contribution < -0.4 is 10.6 Å². The van der Waals surface area contributed by atoms with Crippen molar-refractivity contribution in [3.05, 3.63) is 0 Å². The fourth-order valence-corrected chi connectivity index (χ4v) is 3.22. The number of nitrogens with zero attached hydrogens (tertiary/aromatic N) is 3. The number of unbranched alkanes of at least 4 members (excludes halogenated alkanes) is 1. The van der Waals surface area contributed by atoms with Gasteiger partial charge in [-0.3, -0.25) is 4.99 Å². The van der Waals surface area contributed by atoms with Gasteiger partial charge in [-0.05, 0) is 77.3 Å². The average molecular weight is 340 g/mol. The van der Waals surface area contributed by atoms with E-state index in [4.69, 9.17) is 0 Å². The number of rotatable bonds is 11. The maximum atomic E-state index is 4.32. The van der Waals surface area contributed by atoms with E-state index in [0.29, 0.717) is 0 Å². The standard InChI is InChI=1S/C19H41N5/c1-5-23(6-2)14-8-7-12-21-19(20-4)22-13-9-15-24-16-10-18(3)11-17-24/h18H,5-17H2,1-4H3,(H2,20,21,22). The van der Waals surface area contributed by atoms with Gasteiger partial charge in [0.1, 0.15) is 0 Å². The van der Waals surface area contributed by atoms with Crippen LogP contribution in [0.4, 0.5) is 0 Å². The van der Waals surface area contributed by atoms with Gasteiger partial charge in [-0.1, -0.05) is 20.8 Å². The molecule has 0 amide bonds. The van der Waals surface area contributed by atoms with Crippen molar-refractivity contribution >= 4 is 5.96 Å². The lowest BCUT2D eigenvalue weighted by molar-refractivity contribution is 0.191. The molecule has 1 saturated heterocycles. The van der Waals surface area contributed by atoms with Crippen molar-refractivity contribution in [3.63, 3.8) is 0 Å². The van der Waals surface area contributed by atoms with Crippen molar-refractivity contribution in [2.24, 2.45) is 10.9 Å². The number of aliphatic imine (C=N–C) groups is 1. The average Bonchev–Trinajstić information content (AvgIpc) is 2.61. The first-order valence-corrected chi connectivity index (χ1v) is 10.1. The Morgan fingerprint density at radius 3 is 2.25 bits per heavy atom. The zero-order chi connectivity index (χ0) is 17.6. The highest BCUT2D eigenvalue weighted by Crippen LogP contribution is 2.15. The Bertz CT molecular complexity index is 320. The van der Waals surface area contributed by atoms with Crippen LogP contribution in [-0.2, 0) is 0 Å². The summed E-state index contributed by atoms with van der Waals surface area (Å²) < 4.78 is 0. The van der Waals surface area contributed by atoms with Gasteiger partial charge in [-0.2, -0.15) is 0 Å². The van der Waals surface area contributed by atoms with Crippen LogP contribution in [0.2, 0.25) is 0 Å². The van der Waals surface area contributed by atoms with E-state index < -0.39 is 0 Å². The zero-order valence-electron chi connectivity index (χ0n) is 16.6. The van der Waals surface area contributed by atoms with E-state index in [9.17, 15) is 0 Å². The molecule has 0 saturated carbocycles. The van der Waals surface area contributed by atoms with Gasteiger partial charge in [0.2, 0.25) is 0 Å². The zero-order valence-corrected chi connectivity index (χ0v) is 16.6. The third kappa shape index (κ3) is 9.48. The van der Waals surface area contributed by atoms with E-state index in [1.807, 2.05) is 7.05 Å². The molecule has 24 heavy (non-hydrogen) atoms. The van der Waals surface area contributed by atoms with Crippen molar-refractivity contribution < 1.29 is 0 Å².